The molecule has 0 radical (unpaired) electrons. The summed E-state index contributed by atoms with van der Waals surface area (Å²) < 4.78 is 11.6. The highest BCUT2D eigenvalue weighted by Crippen LogP contribution is 2.39. The maximum atomic E-state index is 13.2. The van der Waals surface area contributed by atoms with E-state index in [0.717, 1.165) is 17.1 Å². The first kappa shape index (κ1) is 21.5. The molecule has 2 heterocycles. The number of nitriles is 1. The Morgan fingerprint density at radius 3 is 2.74 bits per heavy atom. The third kappa shape index (κ3) is 3.95. The van der Waals surface area contributed by atoms with Crippen LogP contribution >= 0.6 is 0 Å². The molecular weight excluding hydrogens is 428 g/mol. The largest absolute Gasteiger partial charge is 0.497 e. The van der Waals surface area contributed by atoms with E-state index >= 15 is 0 Å². The van der Waals surface area contributed by atoms with Crippen molar-refractivity contribution in [3.8, 4) is 23.3 Å². The monoisotopic (exact) mass is 452 g/mol. The van der Waals surface area contributed by atoms with E-state index in [4.69, 9.17) is 14.5 Å². The zero-order valence-electron chi connectivity index (χ0n) is 19.1. The number of fused-ring (bicyclic) bond motifs is 2. The Labute approximate surface area is 198 Å². The number of hydrogen-bond acceptors (Lipinski definition) is 6. The molecule has 2 aliphatic heterocycles. The summed E-state index contributed by atoms with van der Waals surface area (Å²) in [4.78, 5) is 22.2. The number of carbonyl (C=O) groups is 1. The van der Waals surface area contributed by atoms with Crippen molar-refractivity contribution in [1.29, 1.82) is 5.26 Å². The number of ether oxygens (including phenoxy) is 2. The second-order valence-electron chi connectivity index (χ2n) is 8.35. The first-order valence-electron chi connectivity index (χ1n) is 11.2. The van der Waals surface area contributed by atoms with Crippen LogP contribution in [-0.4, -0.2) is 54.3 Å². The fraction of sp³-hybridized carbons (Fsp3) is 0.222. The van der Waals surface area contributed by atoms with E-state index < -0.39 is 0 Å². The summed E-state index contributed by atoms with van der Waals surface area (Å²) in [6, 6.07) is 22.4. The molecule has 0 spiro atoms. The summed E-state index contributed by atoms with van der Waals surface area (Å²) >= 11 is 0. The molecule has 5 rings (SSSR count). The van der Waals surface area contributed by atoms with E-state index in [2.05, 4.69) is 11.0 Å². The van der Waals surface area contributed by atoms with Gasteiger partial charge in [-0.2, -0.15) is 5.26 Å². The summed E-state index contributed by atoms with van der Waals surface area (Å²) in [7, 11) is 1.63. The van der Waals surface area contributed by atoms with Crippen LogP contribution in [0.1, 0.15) is 28.4 Å². The molecular formula is C27H24N4O3. The Balaban J connectivity index is 1.45. The van der Waals surface area contributed by atoms with Gasteiger partial charge in [0.25, 0.3) is 5.91 Å². The van der Waals surface area contributed by atoms with Crippen LogP contribution in [0.4, 0.5) is 5.69 Å². The van der Waals surface area contributed by atoms with Crippen LogP contribution in [0.25, 0.3) is 0 Å². The lowest BCUT2D eigenvalue weighted by atomic mass is 10.1. The Morgan fingerprint density at radius 2 is 1.94 bits per heavy atom. The highest BCUT2D eigenvalue weighted by molar-refractivity contribution is 6.04. The highest BCUT2D eigenvalue weighted by atomic mass is 16.5. The molecule has 3 aromatic rings. The first-order valence-corrected chi connectivity index (χ1v) is 11.2. The molecule has 1 saturated heterocycles. The van der Waals surface area contributed by atoms with Crippen LogP contribution < -0.4 is 9.47 Å². The maximum absolute atomic E-state index is 13.2. The number of aliphatic imine (C=N–C) groups is 1. The number of carbonyl (C=O) groups excluding carboxylic acids is 1. The Bertz CT molecular complexity index is 1330. The summed E-state index contributed by atoms with van der Waals surface area (Å²) in [5.74, 6) is 2.83. The minimum absolute atomic E-state index is 0.0456. The van der Waals surface area contributed by atoms with Gasteiger partial charge in [-0.1, -0.05) is 18.2 Å². The number of rotatable bonds is 2. The van der Waals surface area contributed by atoms with Crippen molar-refractivity contribution in [2.45, 2.75) is 13.0 Å². The van der Waals surface area contributed by atoms with Gasteiger partial charge in [0, 0.05) is 37.3 Å². The molecule has 170 valence electrons. The van der Waals surface area contributed by atoms with E-state index in [1.807, 2.05) is 54.3 Å². The van der Waals surface area contributed by atoms with Gasteiger partial charge >= 0.3 is 0 Å². The predicted octanol–water partition coefficient (Wildman–Crippen LogP) is 4.60. The number of benzene rings is 3. The van der Waals surface area contributed by atoms with Crippen molar-refractivity contribution in [3.05, 3.63) is 83.4 Å². The minimum Gasteiger partial charge on any atom is -0.497 e. The molecule has 1 unspecified atom stereocenters. The van der Waals surface area contributed by atoms with Gasteiger partial charge in [0.05, 0.1) is 24.3 Å². The van der Waals surface area contributed by atoms with Crippen molar-refractivity contribution < 1.29 is 14.3 Å². The predicted molar refractivity (Wildman–Crippen MR) is 129 cm³/mol. The molecule has 1 atom stereocenters. The van der Waals surface area contributed by atoms with Gasteiger partial charge in [-0.3, -0.25) is 4.79 Å². The number of piperazine rings is 1. The van der Waals surface area contributed by atoms with Crippen molar-refractivity contribution in [1.82, 2.24) is 9.80 Å². The third-order valence-corrected chi connectivity index (χ3v) is 6.17. The topological polar surface area (TPSA) is 78.2 Å². The van der Waals surface area contributed by atoms with E-state index in [9.17, 15) is 10.1 Å². The van der Waals surface area contributed by atoms with Gasteiger partial charge in [-0.25, -0.2) is 4.99 Å². The lowest BCUT2D eigenvalue weighted by Crippen LogP contribution is -2.55. The molecule has 2 aliphatic rings. The second-order valence-corrected chi connectivity index (χ2v) is 8.35. The van der Waals surface area contributed by atoms with E-state index in [0.29, 0.717) is 48.0 Å². The molecule has 0 saturated carbocycles. The Kier molecular flexibility index (Phi) is 5.64. The van der Waals surface area contributed by atoms with Crippen LogP contribution in [0.3, 0.4) is 0 Å². The Hall–Kier alpha value is -4.31. The van der Waals surface area contributed by atoms with Crippen LogP contribution in [-0.2, 0) is 0 Å². The molecule has 0 bridgehead atoms. The van der Waals surface area contributed by atoms with Gasteiger partial charge in [0.15, 0.2) is 5.75 Å². The van der Waals surface area contributed by atoms with E-state index in [1.165, 1.54) is 0 Å². The molecule has 1 fully saturated rings. The zero-order valence-corrected chi connectivity index (χ0v) is 19.1. The smallest absolute Gasteiger partial charge is 0.254 e. The molecule has 1 amide bonds. The lowest BCUT2D eigenvalue weighted by Gasteiger charge is -2.41. The van der Waals surface area contributed by atoms with Crippen LogP contribution in [0, 0.1) is 11.3 Å². The maximum Gasteiger partial charge on any atom is 0.254 e. The molecule has 3 aromatic carbocycles. The first-order chi connectivity index (χ1) is 16.6. The number of hydrogen-bond donors (Lipinski definition) is 0. The second kappa shape index (κ2) is 8.91. The average Bonchev–Trinajstić information content (AvgIpc) is 3.04. The summed E-state index contributed by atoms with van der Waals surface area (Å²) in [6.45, 7) is 3.83. The Morgan fingerprint density at radius 1 is 1.09 bits per heavy atom. The molecule has 34 heavy (non-hydrogen) atoms. The number of para-hydroxylation sites is 2. The van der Waals surface area contributed by atoms with Crippen LogP contribution in [0.15, 0.2) is 71.7 Å². The van der Waals surface area contributed by atoms with Crippen molar-refractivity contribution in [3.63, 3.8) is 0 Å². The van der Waals surface area contributed by atoms with E-state index in [1.54, 1.807) is 31.4 Å². The normalized spacial score (nSPS) is 16.9. The standard InChI is InChI=1S/C27H24N4O3/c1-18-17-30(12-13-31(18)27(32)20-7-5-6-19(14-20)16-28)26-22-11-10-21(33-2)15-25(22)34-24-9-4-3-8-23(24)29-26/h3-11,14-15,18H,12-13,17H2,1-2H3. The number of amidine groups is 1. The fourth-order valence-electron chi connectivity index (χ4n) is 4.41. The number of nitrogens with zero attached hydrogens (tertiary/aromatic N) is 4. The third-order valence-electron chi connectivity index (χ3n) is 6.17. The summed E-state index contributed by atoms with van der Waals surface area (Å²) in [5, 5.41) is 9.18. The molecule has 7 nitrogen and oxygen atoms in total. The van der Waals surface area contributed by atoms with Crippen molar-refractivity contribution in [2.24, 2.45) is 4.99 Å². The van der Waals surface area contributed by atoms with Gasteiger partial charge in [-0.05, 0) is 49.4 Å². The molecule has 0 aromatic heterocycles. The van der Waals surface area contributed by atoms with Crippen molar-refractivity contribution >= 4 is 17.4 Å². The van der Waals surface area contributed by atoms with Gasteiger partial charge in [-0.15, -0.1) is 0 Å². The van der Waals surface area contributed by atoms with Crippen LogP contribution in [0.5, 0.6) is 17.2 Å². The van der Waals surface area contributed by atoms with Gasteiger partial charge in [0.1, 0.15) is 23.0 Å². The molecule has 0 N–H and O–H groups in total. The molecule has 7 heteroatoms. The SMILES string of the molecule is COc1ccc2c(c1)Oc1ccccc1N=C2N1CCN(C(=O)c2cccc(C#N)c2)C(C)C1. The summed E-state index contributed by atoms with van der Waals surface area (Å²) in [6.07, 6.45) is 0. The van der Waals surface area contributed by atoms with Gasteiger partial charge in [0.2, 0.25) is 0 Å². The minimum atomic E-state index is -0.0640. The quantitative estimate of drug-likeness (QED) is 0.568. The fourth-order valence-corrected chi connectivity index (χ4v) is 4.41. The van der Waals surface area contributed by atoms with E-state index in [-0.39, 0.29) is 11.9 Å². The van der Waals surface area contributed by atoms with Crippen LogP contribution in [0.2, 0.25) is 0 Å². The number of methoxy groups -OCH3 is 1. The number of amides is 1. The van der Waals surface area contributed by atoms with Gasteiger partial charge < -0.3 is 19.3 Å². The molecule has 0 aliphatic carbocycles. The zero-order chi connectivity index (χ0) is 23.7. The summed E-state index contributed by atoms with van der Waals surface area (Å²) in [5.41, 5.74) is 2.65. The lowest BCUT2D eigenvalue weighted by molar-refractivity contribution is 0.0581. The highest BCUT2D eigenvalue weighted by Gasteiger charge is 2.32. The average molecular weight is 453 g/mol. The van der Waals surface area contributed by atoms with Crippen molar-refractivity contribution in [2.75, 3.05) is 26.7 Å².